The molecule has 2 aliphatic heterocycles. The smallest absolute Gasteiger partial charge is 0.251 e. The third-order valence-electron chi connectivity index (χ3n) is 7.04. The molecular formula is C28H29Cl2N5O2S. The third-order valence-corrected chi connectivity index (χ3v) is 7.79. The highest BCUT2D eigenvalue weighted by Gasteiger charge is 2.35. The van der Waals surface area contributed by atoms with Crippen molar-refractivity contribution in [3.05, 3.63) is 86.3 Å². The van der Waals surface area contributed by atoms with Gasteiger partial charge in [-0.2, -0.15) is 0 Å². The van der Waals surface area contributed by atoms with Crippen molar-refractivity contribution in [3.8, 4) is 0 Å². The van der Waals surface area contributed by atoms with Crippen molar-refractivity contribution in [1.29, 1.82) is 0 Å². The average molecular weight is 571 g/mol. The predicted octanol–water partition coefficient (Wildman–Crippen LogP) is 5.73. The van der Waals surface area contributed by atoms with Gasteiger partial charge in [-0.05, 0) is 73.4 Å². The second-order valence-corrected chi connectivity index (χ2v) is 11.0. The molecule has 38 heavy (non-hydrogen) atoms. The molecule has 3 aromatic rings. The number of anilines is 3. The predicted molar refractivity (Wildman–Crippen MR) is 159 cm³/mol. The molecule has 7 nitrogen and oxygen atoms in total. The summed E-state index contributed by atoms with van der Waals surface area (Å²) in [7, 11) is 0. The number of aromatic nitrogens is 1. The van der Waals surface area contributed by atoms with Gasteiger partial charge in [0.15, 0.2) is 5.11 Å². The molecule has 1 saturated heterocycles. The molecule has 1 amide bonds. The Hall–Kier alpha value is -3.07. The van der Waals surface area contributed by atoms with E-state index in [9.17, 15) is 9.59 Å². The lowest BCUT2D eigenvalue weighted by Crippen LogP contribution is -2.47. The summed E-state index contributed by atoms with van der Waals surface area (Å²) in [5.41, 5.74) is 3.99. The van der Waals surface area contributed by atoms with Crippen molar-refractivity contribution >= 4 is 63.5 Å². The molecule has 0 saturated carbocycles. The van der Waals surface area contributed by atoms with Gasteiger partial charge < -0.3 is 25.4 Å². The van der Waals surface area contributed by atoms with Gasteiger partial charge in [0.25, 0.3) is 11.5 Å². The van der Waals surface area contributed by atoms with Gasteiger partial charge in [-0.1, -0.05) is 36.2 Å². The summed E-state index contributed by atoms with van der Waals surface area (Å²) in [5, 5.41) is 10.7. The standard InChI is InChI=1S/C28H29Cl2N5O2S/c1-2-10-31-27(37)18-6-9-25(23(12-18)33-28(38)32-22-8-7-20(29)13-21(22)30)34-14-17-11-19(16-34)24-4-3-5-26(36)35(24)15-17/h3-9,12-13,17,19H,2,10-11,14-16H2,1H3,(H,31,37)(H2,32,33,38)/t17-,19+/m1/s1. The summed E-state index contributed by atoms with van der Waals surface area (Å²) in [6, 6.07) is 16.3. The van der Waals surface area contributed by atoms with Crippen LogP contribution >= 0.6 is 35.4 Å². The second-order valence-electron chi connectivity index (χ2n) is 9.79. The van der Waals surface area contributed by atoms with Crippen LogP contribution in [0.25, 0.3) is 0 Å². The topological polar surface area (TPSA) is 78.4 Å². The highest BCUT2D eigenvalue weighted by atomic mass is 35.5. The Morgan fingerprint density at radius 3 is 2.63 bits per heavy atom. The molecule has 2 aromatic carbocycles. The van der Waals surface area contributed by atoms with Crippen LogP contribution in [0.1, 0.15) is 41.7 Å². The van der Waals surface area contributed by atoms with Gasteiger partial charge in [-0.25, -0.2) is 0 Å². The lowest BCUT2D eigenvalue weighted by Gasteiger charge is -2.44. The van der Waals surface area contributed by atoms with Gasteiger partial charge in [0.2, 0.25) is 0 Å². The van der Waals surface area contributed by atoms with Gasteiger partial charge in [0.05, 0.1) is 22.1 Å². The SMILES string of the molecule is CCCNC(=O)c1ccc(N2C[C@H]3C[C@@H](C2)c2cccc(=O)n2C3)c(NC(=S)Nc2ccc(Cl)cc2Cl)c1. The number of hydrogen-bond acceptors (Lipinski definition) is 4. The van der Waals surface area contributed by atoms with Crippen LogP contribution in [0, 0.1) is 5.92 Å². The number of fused-ring (bicyclic) bond motifs is 4. The molecule has 0 aliphatic carbocycles. The van der Waals surface area contributed by atoms with Crippen LogP contribution in [0.2, 0.25) is 10.0 Å². The lowest BCUT2D eigenvalue weighted by atomic mass is 9.83. The fourth-order valence-electron chi connectivity index (χ4n) is 5.35. The molecule has 10 heteroatoms. The van der Waals surface area contributed by atoms with Gasteiger partial charge >= 0.3 is 0 Å². The molecule has 2 aliphatic rings. The minimum atomic E-state index is -0.134. The molecule has 0 unspecified atom stereocenters. The van der Waals surface area contributed by atoms with Crippen molar-refractivity contribution in [2.75, 3.05) is 35.2 Å². The van der Waals surface area contributed by atoms with E-state index in [-0.39, 0.29) is 17.4 Å². The summed E-state index contributed by atoms with van der Waals surface area (Å²) >= 11 is 18.0. The largest absolute Gasteiger partial charge is 0.369 e. The van der Waals surface area contributed by atoms with Gasteiger partial charge in [0.1, 0.15) is 0 Å². The first-order valence-electron chi connectivity index (χ1n) is 12.7. The minimum absolute atomic E-state index is 0.0627. The Kier molecular flexibility index (Phi) is 7.93. The van der Waals surface area contributed by atoms with Crippen molar-refractivity contribution in [2.24, 2.45) is 5.92 Å². The average Bonchev–Trinajstić information content (AvgIpc) is 2.89. The fourth-order valence-corrected chi connectivity index (χ4v) is 6.03. The Labute approximate surface area is 237 Å². The number of rotatable bonds is 6. The van der Waals surface area contributed by atoms with Crippen LogP contribution in [-0.4, -0.2) is 35.2 Å². The summed E-state index contributed by atoms with van der Waals surface area (Å²) in [5.74, 6) is 0.458. The fraction of sp³-hybridized carbons (Fsp3) is 0.321. The number of piperidine rings is 1. The van der Waals surface area contributed by atoms with Gasteiger partial charge in [-0.15, -0.1) is 0 Å². The lowest BCUT2D eigenvalue weighted by molar-refractivity contribution is 0.0953. The van der Waals surface area contributed by atoms with Crippen LogP contribution in [0.5, 0.6) is 0 Å². The molecule has 1 aromatic heterocycles. The molecule has 1 fully saturated rings. The van der Waals surface area contributed by atoms with Crippen LogP contribution in [-0.2, 0) is 6.54 Å². The summed E-state index contributed by atoms with van der Waals surface area (Å²) in [4.78, 5) is 27.5. The van der Waals surface area contributed by atoms with E-state index in [4.69, 9.17) is 35.4 Å². The molecule has 5 rings (SSSR count). The number of benzene rings is 2. The summed E-state index contributed by atoms with van der Waals surface area (Å²) in [6.45, 7) is 4.89. The first-order chi connectivity index (χ1) is 18.3. The van der Waals surface area contributed by atoms with E-state index in [1.165, 1.54) is 0 Å². The number of carbonyl (C=O) groups excluding carboxylic acids is 1. The van der Waals surface area contributed by atoms with Crippen LogP contribution < -0.4 is 26.4 Å². The summed E-state index contributed by atoms with van der Waals surface area (Å²) < 4.78 is 1.92. The first-order valence-corrected chi connectivity index (χ1v) is 13.9. The quantitative estimate of drug-likeness (QED) is 0.329. The number of pyridine rings is 1. The number of nitrogens with zero attached hydrogens (tertiary/aromatic N) is 2. The molecule has 2 bridgehead atoms. The van der Waals surface area contributed by atoms with Crippen molar-refractivity contribution in [1.82, 2.24) is 9.88 Å². The maximum atomic E-state index is 12.8. The van der Waals surface area contributed by atoms with E-state index in [1.54, 1.807) is 24.3 Å². The van der Waals surface area contributed by atoms with E-state index in [0.717, 1.165) is 43.0 Å². The highest BCUT2D eigenvalue weighted by molar-refractivity contribution is 7.80. The van der Waals surface area contributed by atoms with E-state index >= 15 is 0 Å². The molecule has 2 atom stereocenters. The van der Waals surface area contributed by atoms with E-state index < -0.39 is 0 Å². The number of halogens is 2. The summed E-state index contributed by atoms with van der Waals surface area (Å²) in [6.07, 6.45) is 1.90. The third kappa shape index (κ3) is 5.67. The zero-order chi connectivity index (χ0) is 26.8. The number of thiocarbonyl (C=S) groups is 1. The maximum Gasteiger partial charge on any atom is 0.251 e. The highest BCUT2D eigenvalue weighted by Crippen LogP contribution is 2.39. The van der Waals surface area contributed by atoms with Gasteiger partial charge in [-0.3, -0.25) is 9.59 Å². The Bertz CT molecular complexity index is 1440. The second kappa shape index (κ2) is 11.4. The normalized spacial score (nSPS) is 17.9. The zero-order valence-corrected chi connectivity index (χ0v) is 23.3. The number of carbonyl (C=O) groups is 1. The first kappa shape index (κ1) is 26.5. The number of amides is 1. The maximum absolute atomic E-state index is 12.8. The number of hydrogen-bond donors (Lipinski definition) is 3. The Morgan fingerprint density at radius 1 is 1.03 bits per heavy atom. The molecule has 198 valence electrons. The van der Waals surface area contributed by atoms with Crippen LogP contribution in [0.15, 0.2) is 59.4 Å². The van der Waals surface area contributed by atoms with Gasteiger partial charge in [0, 0.05) is 54.4 Å². The van der Waals surface area contributed by atoms with Crippen molar-refractivity contribution in [2.45, 2.75) is 32.2 Å². The molecule has 0 radical (unpaired) electrons. The Balaban J connectivity index is 1.44. The van der Waals surface area contributed by atoms with Crippen LogP contribution in [0.4, 0.5) is 17.1 Å². The van der Waals surface area contributed by atoms with E-state index in [2.05, 4.69) is 26.9 Å². The van der Waals surface area contributed by atoms with Crippen molar-refractivity contribution in [3.63, 3.8) is 0 Å². The monoisotopic (exact) mass is 569 g/mol. The molecule has 3 heterocycles. The van der Waals surface area contributed by atoms with Crippen LogP contribution in [0.3, 0.4) is 0 Å². The van der Waals surface area contributed by atoms with E-state index in [0.29, 0.717) is 45.4 Å². The number of nitrogens with one attached hydrogen (secondary N) is 3. The molecule has 3 N–H and O–H groups in total. The molecular weight excluding hydrogens is 541 g/mol. The Morgan fingerprint density at radius 2 is 1.84 bits per heavy atom. The van der Waals surface area contributed by atoms with E-state index in [1.807, 2.05) is 35.8 Å². The molecule has 0 spiro atoms. The minimum Gasteiger partial charge on any atom is -0.369 e. The zero-order valence-electron chi connectivity index (χ0n) is 21.0. The van der Waals surface area contributed by atoms with Crippen molar-refractivity contribution < 1.29 is 4.79 Å².